The summed E-state index contributed by atoms with van der Waals surface area (Å²) in [5.74, 6) is -0.833. The first kappa shape index (κ1) is 15.0. The van der Waals surface area contributed by atoms with Crippen molar-refractivity contribution < 1.29 is 18.3 Å². The summed E-state index contributed by atoms with van der Waals surface area (Å²) < 4.78 is 31.3. The molecule has 2 aromatic rings. The van der Waals surface area contributed by atoms with Crippen LogP contribution in [0.25, 0.3) is 0 Å². The molecule has 0 unspecified atom stereocenters. The van der Waals surface area contributed by atoms with Crippen LogP contribution in [0.3, 0.4) is 0 Å². The van der Waals surface area contributed by atoms with Crippen LogP contribution in [-0.2, 0) is 4.79 Å². The topological polar surface area (TPSA) is 38.3 Å². The average molecular weight is 291 g/mol. The second-order valence-corrected chi connectivity index (χ2v) is 4.66. The summed E-state index contributed by atoms with van der Waals surface area (Å²) in [7, 11) is 0. The van der Waals surface area contributed by atoms with Crippen molar-refractivity contribution >= 4 is 11.6 Å². The molecule has 0 radical (unpaired) electrons. The Morgan fingerprint density at radius 3 is 2.38 bits per heavy atom. The minimum Gasteiger partial charge on any atom is -0.481 e. The van der Waals surface area contributed by atoms with Gasteiger partial charge in [-0.3, -0.25) is 4.79 Å². The second kappa shape index (κ2) is 6.35. The highest BCUT2D eigenvalue weighted by molar-refractivity contribution is 5.94. The van der Waals surface area contributed by atoms with E-state index in [2.05, 4.69) is 5.32 Å². The number of halogens is 2. The van der Waals surface area contributed by atoms with Crippen molar-refractivity contribution in [1.29, 1.82) is 0 Å². The zero-order valence-electron chi connectivity index (χ0n) is 11.7. The Balaban J connectivity index is 2.02. The van der Waals surface area contributed by atoms with Crippen molar-refractivity contribution in [2.24, 2.45) is 0 Å². The van der Waals surface area contributed by atoms with Crippen LogP contribution in [0.15, 0.2) is 42.5 Å². The number of carbonyl (C=O) groups excluding carboxylic acids is 1. The molecule has 1 atom stereocenters. The number of carbonyl (C=O) groups is 1. The molecule has 0 aliphatic heterocycles. The van der Waals surface area contributed by atoms with E-state index in [9.17, 15) is 13.6 Å². The van der Waals surface area contributed by atoms with Crippen molar-refractivity contribution in [2.45, 2.75) is 20.0 Å². The highest BCUT2D eigenvalue weighted by Gasteiger charge is 2.16. The number of benzene rings is 2. The first-order valence-electron chi connectivity index (χ1n) is 6.45. The number of anilines is 1. The summed E-state index contributed by atoms with van der Waals surface area (Å²) >= 11 is 0. The molecule has 2 aromatic carbocycles. The molecule has 1 N–H and O–H groups in total. The number of hydrogen-bond donors (Lipinski definition) is 1. The molecular formula is C16H15F2NO2. The minimum atomic E-state index is -0.793. The van der Waals surface area contributed by atoms with Gasteiger partial charge in [-0.2, -0.15) is 0 Å². The fourth-order valence-electron chi connectivity index (χ4n) is 1.73. The van der Waals surface area contributed by atoms with E-state index >= 15 is 0 Å². The maximum Gasteiger partial charge on any atom is 0.265 e. The first-order chi connectivity index (χ1) is 9.95. The Bertz CT molecular complexity index is 641. The number of hydrogen-bond acceptors (Lipinski definition) is 2. The summed E-state index contributed by atoms with van der Waals surface area (Å²) in [6.07, 6.45) is -0.793. The molecule has 0 aromatic heterocycles. The Morgan fingerprint density at radius 1 is 1.10 bits per heavy atom. The van der Waals surface area contributed by atoms with Gasteiger partial charge in [-0.15, -0.1) is 0 Å². The molecule has 0 aliphatic carbocycles. The van der Waals surface area contributed by atoms with Gasteiger partial charge in [0.1, 0.15) is 17.4 Å². The third-order valence-corrected chi connectivity index (χ3v) is 2.95. The van der Waals surface area contributed by atoms with Gasteiger partial charge in [-0.05, 0) is 55.8 Å². The van der Waals surface area contributed by atoms with Crippen LogP contribution in [-0.4, -0.2) is 12.0 Å². The summed E-state index contributed by atoms with van der Waals surface area (Å²) in [5.41, 5.74) is 1.15. The summed E-state index contributed by atoms with van der Waals surface area (Å²) in [4.78, 5) is 12.0. The van der Waals surface area contributed by atoms with Gasteiger partial charge in [0, 0.05) is 5.69 Å². The van der Waals surface area contributed by atoms with Crippen LogP contribution in [0.2, 0.25) is 0 Å². The lowest BCUT2D eigenvalue weighted by Crippen LogP contribution is -2.30. The van der Waals surface area contributed by atoms with Gasteiger partial charge in [0.2, 0.25) is 0 Å². The standard InChI is InChI=1S/C16H15F2NO2/c1-10-3-4-13(18)9-15(10)19-16(20)11(2)21-14-7-5-12(17)6-8-14/h3-9,11H,1-2H3,(H,19,20)/t11-/m0/s1. The third kappa shape index (κ3) is 4.02. The predicted molar refractivity (Wildman–Crippen MR) is 76.3 cm³/mol. The quantitative estimate of drug-likeness (QED) is 0.933. The molecular weight excluding hydrogens is 276 g/mol. The SMILES string of the molecule is Cc1ccc(F)cc1NC(=O)[C@H](C)Oc1ccc(F)cc1. The number of amides is 1. The van der Waals surface area contributed by atoms with Gasteiger partial charge >= 0.3 is 0 Å². The maximum absolute atomic E-state index is 13.2. The maximum atomic E-state index is 13.2. The molecule has 2 rings (SSSR count). The van der Waals surface area contributed by atoms with E-state index in [-0.39, 0.29) is 5.82 Å². The number of nitrogens with one attached hydrogen (secondary N) is 1. The molecule has 0 bridgehead atoms. The molecule has 0 spiro atoms. The van der Waals surface area contributed by atoms with Crippen LogP contribution in [0.1, 0.15) is 12.5 Å². The van der Waals surface area contributed by atoms with Gasteiger partial charge in [-0.1, -0.05) is 6.07 Å². The van der Waals surface area contributed by atoms with E-state index in [0.29, 0.717) is 11.4 Å². The highest BCUT2D eigenvalue weighted by Crippen LogP contribution is 2.18. The van der Waals surface area contributed by atoms with E-state index < -0.39 is 17.8 Å². The van der Waals surface area contributed by atoms with Gasteiger partial charge in [0.15, 0.2) is 6.10 Å². The predicted octanol–water partition coefficient (Wildman–Crippen LogP) is 3.68. The molecule has 0 saturated heterocycles. The lowest BCUT2D eigenvalue weighted by Gasteiger charge is -2.15. The van der Waals surface area contributed by atoms with Crippen LogP contribution < -0.4 is 10.1 Å². The molecule has 21 heavy (non-hydrogen) atoms. The fourth-order valence-corrected chi connectivity index (χ4v) is 1.73. The van der Waals surface area contributed by atoms with E-state index in [4.69, 9.17) is 4.74 Å². The average Bonchev–Trinajstić information content (AvgIpc) is 2.45. The molecule has 0 fully saturated rings. The van der Waals surface area contributed by atoms with Crippen molar-refractivity contribution in [3.63, 3.8) is 0 Å². The molecule has 0 saturated carbocycles. The lowest BCUT2D eigenvalue weighted by atomic mass is 10.2. The van der Waals surface area contributed by atoms with Gasteiger partial charge in [-0.25, -0.2) is 8.78 Å². The summed E-state index contributed by atoms with van der Waals surface area (Å²) in [6, 6.07) is 9.52. The third-order valence-electron chi connectivity index (χ3n) is 2.95. The number of aryl methyl sites for hydroxylation is 1. The van der Waals surface area contributed by atoms with Crippen molar-refractivity contribution in [3.05, 3.63) is 59.7 Å². The van der Waals surface area contributed by atoms with Crippen molar-refractivity contribution in [3.8, 4) is 5.75 Å². The zero-order chi connectivity index (χ0) is 15.4. The van der Waals surface area contributed by atoms with E-state index in [1.165, 1.54) is 36.4 Å². The zero-order valence-corrected chi connectivity index (χ0v) is 11.7. The Labute approximate surface area is 121 Å². The Morgan fingerprint density at radius 2 is 1.71 bits per heavy atom. The first-order valence-corrected chi connectivity index (χ1v) is 6.45. The Kier molecular flexibility index (Phi) is 4.52. The van der Waals surface area contributed by atoms with E-state index in [0.717, 1.165) is 5.56 Å². The largest absolute Gasteiger partial charge is 0.481 e. The normalized spacial score (nSPS) is 11.8. The molecule has 3 nitrogen and oxygen atoms in total. The Hall–Kier alpha value is -2.43. The minimum absolute atomic E-state index is 0.380. The number of rotatable bonds is 4. The van der Waals surface area contributed by atoms with Crippen LogP contribution in [0.5, 0.6) is 5.75 Å². The van der Waals surface area contributed by atoms with E-state index in [1.54, 1.807) is 19.9 Å². The van der Waals surface area contributed by atoms with Crippen LogP contribution >= 0.6 is 0 Å². The van der Waals surface area contributed by atoms with Crippen molar-refractivity contribution in [1.82, 2.24) is 0 Å². The summed E-state index contributed by atoms with van der Waals surface area (Å²) in [6.45, 7) is 3.33. The molecule has 110 valence electrons. The van der Waals surface area contributed by atoms with Gasteiger partial charge in [0.25, 0.3) is 5.91 Å². The molecule has 1 amide bonds. The summed E-state index contributed by atoms with van der Waals surface area (Å²) in [5, 5.41) is 2.60. The molecule has 0 heterocycles. The monoisotopic (exact) mass is 291 g/mol. The molecule has 0 aliphatic rings. The number of ether oxygens (including phenoxy) is 1. The fraction of sp³-hybridized carbons (Fsp3) is 0.188. The molecule has 5 heteroatoms. The smallest absolute Gasteiger partial charge is 0.265 e. The lowest BCUT2D eigenvalue weighted by molar-refractivity contribution is -0.122. The van der Waals surface area contributed by atoms with Crippen LogP contribution in [0.4, 0.5) is 14.5 Å². The van der Waals surface area contributed by atoms with E-state index in [1.807, 2.05) is 0 Å². The van der Waals surface area contributed by atoms with Gasteiger partial charge in [0.05, 0.1) is 0 Å². The highest BCUT2D eigenvalue weighted by atomic mass is 19.1. The van der Waals surface area contributed by atoms with Crippen LogP contribution in [0, 0.1) is 18.6 Å². The van der Waals surface area contributed by atoms with Crippen molar-refractivity contribution in [2.75, 3.05) is 5.32 Å². The second-order valence-electron chi connectivity index (χ2n) is 4.66. The van der Waals surface area contributed by atoms with Gasteiger partial charge < -0.3 is 10.1 Å².